The van der Waals surface area contributed by atoms with Crippen LogP contribution < -0.4 is 10.7 Å². The van der Waals surface area contributed by atoms with Crippen LogP contribution in [0, 0.1) is 5.41 Å². The molecule has 7 nitrogen and oxygen atoms in total. The zero-order chi connectivity index (χ0) is 12.7. The summed E-state index contributed by atoms with van der Waals surface area (Å²) in [6, 6.07) is -0.385. The van der Waals surface area contributed by atoms with Gasteiger partial charge in [0.25, 0.3) is 0 Å². The molecule has 2 heterocycles. The molecule has 1 aromatic rings. The predicted octanol–water partition coefficient (Wildman–Crippen LogP) is 0.851. The third-order valence-corrected chi connectivity index (χ3v) is 2.71. The Morgan fingerprint density at radius 1 is 1.35 bits per heavy atom. The van der Waals surface area contributed by atoms with Gasteiger partial charge in [-0.05, 0) is 5.92 Å². The van der Waals surface area contributed by atoms with Crippen molar-refractivity contribution in [3.8, 4) is 0 Å². The molecule has 0 aromatic carbocycles. The maximum atomic E-state index is 11.5. The number of carbonyl (C=O) groups is 1. The lowest BCUT2D eigenvalue weighted by atomic mass is 10.0. The average Bonchev–Trinajstić information content (AvgIpc) is 2.48. The summed E-state index contributed by atoms with van der Waals surface area (Å²) < 4.78 is 1.71. The number of urea groups is 1. The number of nitrogens with zero attached hydrogens (tertiary/aromatic N) is 3. The average molecular weight is 236 g/mol. The highest BCUT2D eigenvalue weighted by Crippen LogP contribution is 2.27. The minimum Gasteiger partial charge on any atom is -0.289 e. The second kappa shape index (κ2) is 3.76. The van der Waals surface area contributed by atoms with E-state index in [2.05, 4.69) is 15.8 Å². The van der Waals surface area contributed by atoms with Gasteiger partial charge in [0, 0.05) is 14.1 Å². The summed E-state index contributed by atoms with van der Waals surface area (Å²) >= 11 is 0. The summed E-state index contributed by atoms with van der Waals surface area (Å²) in [5.41, 5.74) is 4.12. The highest BCUT2D eigenvalue weighted by atomic mass is 16.2. The van der Waals surface area contributed by atoms with Crippen LogP contribution in [0.1, 0.15) is 31.0 Å². The van der Waals surface area contributed by atoms with Gasteiger partial charge < -0.3 is 0 Å². The summed E-state index contributed by atoms with van der Waals surface area (Å²) in [5.74, 6) is 0.887. The van der Waals surface area contributed by atoms with E-state index in [1.54, 1.807) is 11.7 Å². The van der Waals surface area contributed by atoms with Crippen LogP contribution in [0.4, 0.5) is 10.6 Å². The SMILES string of the molecule is CC(C)c1c2c(nn1C)NC(=O)NN(C)C2=N. The molecular weight excluding hydrogens is 220 g/mol. The standard InChI is InChI=1S/C10H16N6O/c1-5(2)7-6-8(11)16(4)14-10(17)12-9(6)13-15(7)3/h5,11H,1-4H3,(H2,12,13,14,17). The Kier molecular flexibility index (Phi) is 2.53. The van der Waals surface area contributed by atoms with Crippen LogP contribution in [0.5, 0.6) is 0 Å². The number of aromatic nitrogens is 2. The van der Waals surface area contributed by atoms with Gasteiger partial charge in [0.1, 0.15) is 0 Å². The Bertz CT molecular complexity index is 489. The van der Waals surface area contributed by atoms with Crippen molar-refractivity contribution in [3.63, 3.8) is 0 Å². The lowest BCUT2D eigenvalue weighted by Gasteiger charge is -2.18. The van der Waals surface area contributed by atoms with Crippen molar-refractivity contribution < 1.29 is 4.79 Å². The molecule has 3 N–H and O–H groups in total. The first-order valence-electron chi connectivity index (χ1n) is 5.39. The third kappa shape index (κ3) is 1.73. The van der Waals surface area contributed by atoms with Crippen LogP contribution in [0.25, 0.3) is 0 Å². The number of rotatable bonds is 1. The van der Waals surface area contributed by atoms with Crippen molar-refractivity contribution in [2.45, 2.75) is 19.8 Å². The smallest absolute Gasteiger partial charge is 0.289 e. The number of hydrazine groups is 1. The normalized spacial score (nSPS) is 15.5. The zero-order valence-corrected chi connectivity index (χ0v) is 10.3. The van der Waals surface area contributed by atoms with Crippen molar-refractivity contribution in [2.75, 3.05) is 12.4 Å². The van der Waals surface area contributed by atoms with E-state index in [4.69, 9.17) is 5.41 Å². The highest BCUT2D eigenvalue weighted by molar-refractivity contribution is 6.07. The summed E-state index contributed by atoms with van der Waals surface area (Å²) in [7, 11) is 3.45. The molecule has 2 amide bonds. The lowest BCUT2D eigenvalue weighted by Crippen LogP contribution is -2.43. The maximum absolute atomic E-state index is 11.5. The molecule has 0 bridgehead atoms. The first-order valence-corrected chi connectivity index (χ1v) is 5.39. The molecule has 0 unspecified atom stereocenters. The zero-order valence-electron chi connectivity index (χ0n) is 10.3. The number of hydrogen-bond donors (Lipinski definition) is 3. The summed E-state index contributed by atoms with van der Waals surface area (Å²) in [4.78, 5) is 11.5. The molecule has 0 saturated heterocycles. The van der Waals surface area contributed by atoms with Crippen LogP contribution in [0.15, 0.2) is 0 Å². The maximum Gasteiger partial charge on any atom is 0.339 e. The molecule has 1 aliphatic heterocycles. The largest absolute Gasteiger partial charge is 0.339 e. The lowest BCUT2D eigenvalue weighted by molar-refractivity contribution is 0.236. The fourth-order valence-corrected chi connectivity index (χ4v) is 2.03. The van der Waals surface area contributed by atoms with Crippen molar-refractivity contribution >= 4 is 17.7 Å². The number of aryl methyl sites for hydroxylation is 1. The minimum absolute atomic E-state index is 0.222. The Balaban J connectivity index is 2.63. The molecule has 0 saturated carbocycles. The Hall–Kier alpha value is -2.05. The first-order chi connectivity index (χ1) is 7.91. The van der Waals surface area contributed by atoms with Gasteiger partial charge in [-0.3, -0.25) is 20.4 Å². The Morgan fingerprint density at radius 2 is 2.00 bits per heavy atom. The van der Waals surface area contributed by atoms with Crippen molar-refractivity contribution in [1.82, 2.24) is 20.2 Å². The minimum atomic E-state index is -0.385. The van der Waals surface area contributed by atoms with Crippen LogP contribution in [-0.4, -0.2) is 33.7 Å². The Labute approximate surface area is 99.3 Å². The van der Waals surface area contributed by atoms with Crippen molar-refractivity contribution in [2.24, 2.45) is 7.05 Å². The number of hydrogen-bond acceptors (Lipinski definition) is 3. The number of anilines is 1. The molecule has 0 fully saturated rings. The molecule has 0 atom stereocenters. The fraction of sp³-hybridized carbons (Fsp3) is 0.500. The molecule has 0 radical (unpaired) electrons. The van der Waals surface area contributed by atoms with E-state index in [9.17, 15) is 4.79 Å². The topological polar surface area (TPSA) is 86.0 Å². The van der Waals surface area contributed by atoms with Crippen LogP contribution in [0.2, 0.25) is 0 Å². The quantitative estimate of drug-likeness (QED) is 0.675. The number of amidine groups is 1. The van der Waals surface area contributed by atoms with Gasteiger partial charge in [0.15, 0.2) is 11.7 Å². The molecule has 1 aliphatic rings. The number of carbonyl (C=O) groups excluding carboxylic acids is 1. The van der Waals surface area contributed by atoms with Gasteiger partial charge in [0.2, 0.25) is 0 Å². The van der Waals surface area contributed by atoms with E-state index in [1.807, 2.05) is 20.9 Å². The van der Waals surface area contributed by atoms with Crippen molar-refractivity contribution in [3.05, 3.63) is 11.3 Å². The molecular formula is C10H16N6O. The molecule has 7 heteroatoms. The second-order valence-corrected chi connectivity index (χ2v) is 4.36. The molecule has 1 aromatic heterocycles. The van der Waals surface area contributed by atoms with E-state index in [0.29, 0.717) is 11.4 Å². The van der Waals surface area contributed by atoms with Gasteiger partial charge in [-0.1, -0.05) is 13.8 Å². The van der Waals surface area contributed by atoms with Gasteiger partial charge in [-0.25, -0.2) is 10.2 Å². The van der Waals surface area contributed by atoms with Gasteiger partial charge >= 0.3 is 6.03 Å². The van der Waals surface area contributed by atoms with E-state index in [-0.39, 0.29) is 17.8 Å². The molecule has 0 spiro atoms. The van der Waals surface area contributed by atoms with E-state index >= 15 is 0 Å². The molecule has 17 heavy (non-hydrogen) atoms. The molecule has 92 valence electrons. The first kappa shape index (κ1) is 11.4. The van der Waals surface area contributed by atoms with Crippen molar-refractivity contribution in [1.29, 1.82) is 5.41 Å². The summed E-state index contributed by atoms with van der Waals surface area (Å²) in [6.45, 7) is 4.06. The van der Waals surface area contributed by atoms with E-state index in [0.717, 1.165) is 5.69 Å². The fourth-order valence-electron chi connectivity index (χ4n) is 2.03. The second-order valence-electron chi connectivity index (χ2n) is 4.36. The monoisotopic (exact) mass is 236 g/mol. The molecule has 0 aliphatic carbocycles. The number of fused-ring (bicyclic) bond motifs is 1. The third-order valence-electron chi connectivity index (χ3n) is 2.71. The Morgan fingerprint density at radius 3 is 2.59 bits per heavy atom. The number of amides is 2. The predicted molar refractivity (Wildman–Crippen MR) is 64.0 cm³/mol. The van der Waals surface area contributed by atoms with E-state index < -0.39 is 0 Å². The number of nitrogens with one attached hydrogen (secondary N) is 3. The summed E-state index contributed by atoms with van der Waals surface area (Å²) in [6.07, 6.45) is 0. The van der Waals surface area contributed by atoms with Crippen LogP contribution in [-0.2, 0) is 7.05 Å². The van der Waals surface area contributed by atoms with Gasteiger partial charge in [0.05, 0.1) is 11.3 Å². The van der Waals surface area contributed by atoms with E-state index in [1.165, 1.54) is 5.01 Å². The van der Waals surface area contributed by atoms with Gasteiger partial charge in [-0.2, -0.15) is 5.10 Å². The van der Waals surface area contributed by atoms with Crippen LogP contribution in [0.3, 0.4) is 0 Å². The molecule has 2 rings (SSSR count). The highest BCUT2D eigenvalue weighted by Gasteiger charge is 2.28. The van der Waals surface area contributed by atoms with Crippen LogP contribution >= 0.6 is 0 Å². The van der Waals surface area contributed by atoms with Gasteiger partial charge in [-0.15, -0.1) is 0 Å². The summed E-state index contributed by atoms with van der Waals surface area (Å²) in [5, 5.41) is 16.3.